The average molecular weight is 751 g/mol. The standard InChI is InChI=1S/C38H34ClF3N4O7/c1-37-24(13-10-19-16-27(52-3)31(47)28(17-19)53-4)21-11-12-22-30(23(21)18-25(37)34(49)45(36(37)51)20-8-6-5-7-9-20)35(50)46(33(22)48)44(2)32-26(39)14-15-29(43-32)38(40,41)42/h5-11,13-17,22-25,30,47H,12,18H2,1-4H3. The third-order valence-electron chi connectivity index (χ3n) is 11.0. The Bertz CT molecular complexity index is 2080. The van der Waals surface area contributed by atoms with E-state index in [9.17, 15) is 37.5 Å². The summed E-state index contributed by atoms with van der Waals surface area (Å²) in [4.78, 5) is 62.0. The minimum Gasteiger partial charge on any atom is -0.502 e. The molecule has 6 unspecified atom stereocenters. The Morgan fingerprint density at radius 1 is 0.981 bits per heavy atom. The minimum atomic E-state index is -4.81. The van der Waals surface area contributed by atoms with E-state index in [1.807, 2.05) is 6.08 Å². The Morgan fingerprint density at radius 3 is 2.26 bits per heavy atom. The summed E-state index contributed by atoms with van der Waals surface area (Å²) in [5.41, 5.74) is -0.914. The quantitative estimate of drug-likeness (QED) is 0.218. The fourth-order valence-electron chi connectivity index (χ4n) is 8.45. The number of hydrazine groups is 1. The van der Waals surface area contributed by atoms with Crippen molar-refractivity contribution >= 4 is 52.8 Å². The van der Waals surface area contributed by atoms with Gasteiger partial charge in [-0.15, -0.1) is 0 Å². The fraction of sp³-hybridized carbons (Fsp3) is 0.342. The van der Waals surface area contributed by atoms with Gasteiger partial charge in [0.2, 0.25) is 17.6 Å². The number of aromatic hydroxyl groups is 1. The van der Waals surface area contributed by atoms with Gasteiger partial charge < -0.3 is 14.6 Å². The third-order valence-corrected chi connectivity index (χ3v) is 11.3. The van der Waals surface area contributed by atoms with E-state index >= 15 is 0 Å². The molecule has 4 amide bonds. The molecule has 276 valence electrons. The number of anilines is 2. The normalized spacial score (nSPS) is 26.8. The Labute approximate surface area is 307 Å². The highest BCUT2D eigenvalue weighted by molar-refractivity contribution is 6.33. The number of hydrogen-bond acceptors (Lipinski definition) is 9. The maximum Gasteiger partial charge on any atom is 0.433 e. The van der Waals surface area contributed by atoms with Gasteiger partial charge in [0.05, 0.1) is 48.1 Å². The van der Waals surface area contributed by atoms with Gasteiger partial charge in [0.1, 0.15) is 5.69 Å². The molecule has 6 atom stereocenters. The SMILES string of the molecule is COc1cc(C=CC2C3=CCC4C(=O)N(N(C)c5nc(C(F)(F)F)ccc5Cl)C(=O)C4C3CC3C(=O)N(c4ccccc4)C(=O)C23C)cc(OC)c1O. The van der Waals surface area contributed by atoms with E-state index in [0.717, 1.165) is 16.1 Å². The summed E-state index contributed by atoms with van der Waals surface area (Å²) < 4.78 is 51.4. The maximum absolute atomic E-state index is 14.5. The highest BCUT2D eigenvalue weighted by Crippen LogP contribution is 2.61. The lowest BCUT2D eigenvalue weighted by molar-refractivity contribution is -0.141. The number of aromatic nitrogens is 1. The van der Waals surface area contributed by atoms with Crippen molar-refractivity contribution in [3.05, 3.63) is 88.6 Å². The maximum atomic E-state index is 14.5. The lowest BCUT2D eigenvalue weighted by Gasteiger charge is -2.47. The molecule has 3 aromatic rings. The van der Waals surface area contributed by atoms with E-state index in [4.69, 9.17) is 21.1 Å². The molecule has 2 saturated heterocycles. The number of allylic oxidation sites excluding steroid dienone is 3. The Kier molecular flexibility index (Phi) is 8.79. The molecule has 1 saturated carbocycles. The van der Waals surface area contributed by atoms with E-state index in [1.165, 1.54) is 26.2 Å². The van der Waals surface area contributed by atoms with Gasteiger partial charge in [-0.1, -0.05) is 53.6 Å². The summed E-state index contributed by atoms with van der Waals surface area (Å²) in [5, 5.41) is 12.0. The predicted octanol–water partition coefficient (Wildman–Crippen LogP) is 6.30. The van der Waals surface area contributed by atoms with Gasteiger partial charge in [-0.2, -0.15) is 18.2 Å². The van der Waals surface area contributed by atoms with Gasteiger partial charge >= 0.3 is 6.18 Å². The third kappa shape index (κ3) is 5.53. The van der Waals surface area contributed by atoms with Crippen molar-refractivity contribution in [1.29, 1.82) is 0 Å². The highest BCUT2D eigenvalue weighted by Gasteiger charge is 2.67. The molecule has 1 N–H and O–H groups in total. The number of carbonyl (C=O) groups excluding carboxylic acids is 4. The van der Waals surface area contributed by atoms with Gasteiger partial charge in [0.25, 0.3) is 11.8 Å². The Hall–Kier alpha value is -5.37. The number of methoxy groups -OCH3 is 2. The van der Waals surface area contributed by atoms with E-state index in [-0.39, 0.29) is 35.1 Å². The molecule has 0 bridgehead atoms. The summed E-state index contributed by atoms with van der Waals surface area (Å²) in [6, 6.07) is 13.4. The molecule has 7 rings (SSSR count). The van der Waals surface area contributed by atoms with E-state index in [2.05, 4.69) is 4.98 Å². The molecule has 2 aromatic carbocycles. The number of alkyl halides is 3. The van der Waals surface area contributed by atoms with Crippen LogP contribution >= 0.6 is 11.6 Å². The number of carbonyl (C=O) groups is 4. The second kappa shape index (κ2) is 12.9. The zero-order valence-corrected chi connectivity index (χ0v) is 29.7. The molecule has 2 aliphatic carbocycles. The van der Waals surface area contributed by atoms with Crippen molar-refractivity contribution in [2.45, 2.75) is 25.9 Å². The monoisotopic (exact) mass is 750 g/mol. The Morgan fingerprint density at radius 2 is 1.64 bits per heavy atom. The minimum absolute atomic E-state index is 0.0712. The average Bonchev–Trinajstić information content (AvgIpc) is 3.50. The highest BCUT2D eigenvalue weighted by atomic mass is 35.5. The molecule has 3 fully saturated rings. The fourth-order valence-corrected chi connectivity index (χ4v) is 8.68. The molecule has 53 heavy (non-hydrogen) atoms. The number of rotatable bonds is 7. The van der Waals surface area contributed by atoms with Crippen molar-refractivity contribution in [3.63, 3.8) is 0 Å². The van der Waals surface area contributed by atoms with Crippen molar-refractivity contribution in [2.75, 3.05) is 31.2 Å². The molecule has 15 heteroatoms. The molecule has 11 nitrogen and oxygen atoms in total. The number of halogens is 4. The molecule has 2 aliphatic heterocycles. The van der Waals surface area contributed by atoms with Gasteiger partial charge in [-0.05, 0) is 67.6 Å². The molecular formula is C38H34ClF3N4O7. The first-order valence-corrected chi connectivity index (χ1v) is 17.1. The van der Waals surface area contributed by atoms with Crippen LogP contribution in [0.1, 0.15) is 31.0 Å². The van der Waals surface area contributed by atoms with Gasteiger partial charge in [-0.3, -0.25) is 24.2 Å². The van der Waals surface area contributed by atoms with Crippen LogP contribution in [0.3, 0.4) is 0 Å². The Balaban J connectivity index is 1.31. The zero-order valence-electron chi connectivity index (χ0n) is 28.9. The van der Waals surface area contributed by atoms with E-state index < -0.39 is 76.3 Å². The first-order valence-electron chi connectivity index (χ1n) is 16.7. The lowest BCUT2D eigenvalue weighted by Crippen LogP contribution is -2.50. The van der Waals surface area contributed by atoms with Crippen LogP contribution in [0.25, 0.3) is 6.08 Å². The lowest BCUT2D eigenvalue weighted by atomic mass is 9.52. The largest absolute Gasteiger partial charge is 0.502 e. The van der Waals surface area contributed by atoms with Crippen LogP contribution < -0.4 is 19.4 Å². The summed E-state index contributed by atoms with van der Waals surface area (Å²) in [6.45, 7) is 1.74. The zero-order chi connectivity index (χ0) is 38.1. The van der Waals surface area contributed by atoms with Crippen LogP contribution in [0, 0.1) is 35.0 Å². The van der Waals surface area contributed by atoms with Crippen LogP contribution in [0.5, 0.6) is 17.2 Å². The first kappa shape index (κ1) is 36.0. The predicted molar refractivity (Wildman–Crippen MR) is 187 cm³/mol. The van der Waals surface area contributed by atoms with Crippen LogP contribution in [0.4, 0.5) is 24.7 Å². The number of phenols is 1. The molecule has 3 heterocycles. The summed E-state index contributed by atoms with van der Waals surface area (Å²) in [6.07, 6.45) is 0.714. The van der Waals surface area contributed by atoms with E-state index in [0.29, 0.717) is 22.9 Å². The first-order chi connectivity index (χ1) is 25.1. The number of benzene rings is 2. The number of fused-ring (bicyclic) bond motifs is 4. The van der Waals surface area contributed by atoms with Crippen LogP contribution in [-0.4, -0.2) is 60.0 Å². The second-order valence-electron chi connectivity index (χ2n) is 13.7. The van der Waals surface area contributed by atoms with Gasteiger partial charge in [-0.25, -0.2) is 9.88 Å². The number of para-hydroxylation sites is 1. The van der Waals surface area contributed by atoms with Crippen LogP contribution in [0.15, 0.2) is 72.3 Å². The van der Waals surface area contributed by atoms with Gasteiger partial charge in [0.15, 0.2) is 17.3 Å². The molecule has 0 spiro atoms. The second-order valence-corrected chi connectivity index (χ2v) is 14.1. The smallest absolute Gasteiger partial charge is 0.433 e. The number of hydrogen-bond donors (Lipinski definition) is 1. The number of phenolic OH excluding ortho intramolecular Hbond substituents is 1. The summed E-state index contributed by atoms with van der Waals surface area (Å²) >= 11 is 6.26. The number of ether oxygens (including phenoxy) is 2. The van der Waals surface area contributed by atoms with E-state index in [1.54, 1.807) is 61.5 Å². The summed E-state index contributed by atoms with van der Waals surface area (Å²) in [7, 11) is 4.03. The van der Waals surface area contributed by atoms with Crippen LogP contribution in [-0.2, 0) is 25.4 Å². The van der Waals surface area contributed by atoms with Crippen molar-refractivity contribution in [2.24, 2.45) is 35.0 Å². The van der Waals surface area contributed by atoms with Crippen molar-refractivity contribution < 1.29 is 46.9 Å². The topological polar surface area (TPSA) is 130 Å². The van der Waals surface area contributed by atoms with Crippen molar-refractivity contribution in [1.82, 2.24) is 9.99 Å². The molecular weight excluding hydrogens is 717 g/mol. The number of amides is 4. The molecule has 1 aromatic heterocycles. The molecule has 0 radical (unpaired) electrons. The summed E-state index contributed by atoms with van der Waals surface area (Å²) in [5.74, 6) is -6.72. The molecule has 4 aliphatic rings. The van der Waals surface area contributed by atoms with Crippen LogP contribution in [0.2, 0.25) is 5.02 Å². The number of nitrogens with zero attached hydrogens (tertiary/aromatic N) is 4. The van der Waals surface area contributed by atoms with Crippen molar-refractivity contribution in [3.8, 4) is 17.2 Å². The number of pyridine rings is 1. The van der Waals surface area contributed by atoms with Gasteiger partial charge in [0, 0.05) is 13.0 Å². The number of imide groups is 2.